The molecule has 10 heteroatoms. The van der Waals surface area contributed by atoms with Crippen LogP contribution in [0.25, 0.3) is 0 Å². The Morgan fingerprint density at radius 2 is 1.97 bits per heavy atom. The number of esters is 1. The van der Waals surface area contributed by atoms with E-state index in [1.807, 2.05) is 25.1 Å². The summed E-state index contributed by atoms with van der Waals surface area (Å²) in [7, 11) is 1.61. The number of benzene rings is 1. The Balaban J connectivity index is 2.15. The lowest BCUT2D eigenvalue weighted by atomic mass is 9.99. The Hall–Kier alpha value is -3.40. The summed E-state index contributed by atoms with van der Waals surface area (Å²) in [5, 5.41) is 15.5. The van der Waals surface area contributed by atoms with Crippen molar-refractivity contribution in [2.75, 3.05) is 37.9 Å². The van der Waals surface area contributed by atoms with E-state index in [0.29, 0.717) is 30.8 Å². The first-order valence-electron chi connectivity index (χ1n) is 12.4. The molecule has 198 valence electrons. The van der Waals surface area contributed by atoms with Gasteiger partial charge in [-0.15, -0.1) is 0 Å². The first kappa shape index (κ1) is 28.8. The van der Waals surface area contributed by atoms with E-state index < -0.39 is 5.97 Å². The largest absolute Gasteiger partial charge is 0.496 e. The second-order valence-electron chi connectivity index (χ2n) is 8.54. The smallest absolute Gasteiger partial charge is 0.325 e. The van der Waals surface area contributed by atoms with Gasteiger partial charge in [-0.1, -0.05) is 25.5 Å². The third kappa shape index (κ3) is 8.99. The van der Waals surface area contributed by atoms with Gasteiger partial charge in [-0.25, -0.2) is 4.98 Å². The van der Waals surface area contributed by atoms with Crippen LogP contribution in [-0.2, 0) is 27.2 Å². The Kier molecular flexibility index (Phi) is 11.9. The normalized spacial score (nSPS) is 11.6. The van der Waals surface area contributed by atoms with Crippen molar-refractivity contribution in [1.29, 1.82) is 0 Å². The number of hydrogen-bond acceptors (Lipinski definition) is 9. The van der Waals surface area contributed by atoms with E-state index in [-0.39, 0.29) is 44.1 Å². The Morgan fingerprint density at radius 3 is 2.64 bits per heavy atom. The van der Waals surface area contributed by atoms with Crippen molar-refractivity contribution in [3.05, 3.63) is 40.6 Å². The van der Waals surface area contributed by atoms with Crippen LogP contribution in [-0.4, -0.2) is 59.9 Å². The molecule has 10 nitrogen and oxygen atoms in total. The van der Waals surface area contributed by atoms with E-state index in [0.717, 1.165) is 35.2 Å². The van der Waals surface area contributed by atoms with Crippen LogP contribution >= 0.6 is 0 Å². The first-order valence-corrected chi connectivity index (χ1v) is 12.4. The van der Waals surface area contributed by atoms with Crippen LogP contribution in [0.1, 0.15) is 61.9 Å². The lowest BCUT2D eigenvalue weighted by molar-refractivity contribution is -0.143. The molecule has 0 unspecified atom stereocenters. The molecule has 0 aliphatic rings. The van der Waals surface area contributed by atoms with Gasteiger partial charge in [0, 0.05) is 36.7 Å². The van der Waals surface area contributed by atoms with Gasteiger partial charge in [0.1, 0.15) is 18.1 Å². The van der Waals surface area contributed by atoms with Crippen LogP contribution in [0.15, 0.2) is 18.2 Å². The van der Waals surface area contributed by atoms with Gasteiger partial charge in [0.25, 0.3) is 0 Å². The molecule has 1 amide bonds. The lowest BCUT2D eigenvalue weighted by Crippen LogP contribution is -2.30. The van der Waals surface area contributed by atoms with Crippen LogP contribution in [0.5, 0.6) is 5.75 Å². The van der Waals surface area contributed by atoms with E-state index in [9.17, 15) is 14.7 Å². The van der Waals surface area contributed by atoms with Crippen molar-refractivity contribution in [1.82, 2.24) is 15.3 Å². The fourth-order valence-corrected chi connectivity index (χ4v) is 3.95. The summed E-state index contributed by atoms with van der Waals surface area (Å²) in [5.41, 5.74) is 9.51. The van der Waals surface area contributed by atoms with Crippen LogP contribution < -0.4 is 21.1 Å². The topological polar surface area (TPSA) is 149 Å². The molecule has 0 fully saturated rings. The Morgan fingerprint density at radius 1 is 1.19 bits per heavy atom. The summed E-state index contributed by atoms with van der Waals surface area (Å²) < 4.78 is 10.5. The number of aromatic nitrogens is 2. The van der Waals surface area contributed by atoms with Gasteiger partial charge in [0.05, 0.1) is 13.7 Å². The predicted molar refractivity (Wildman–Crippen MR) is 139 cm³/mol. The predicted octanol–water partition coefficient (Wildman–Crippen LogP) is 2.54. The number of methoxy groups -OCH3 is 1. The molecule has 36 heavy (non-hydrogen) atoms. The number of rotatable bonds is 15. The minimum Gasteiger partial charge on any atom is -0.496 e. The molecule has 1 atom stereocenters. The third-order valence-electron chi connectivity index (χ3n) is 5.78. The molecule has 0 saturated carbocycles. The quantitative estimate of drug-likeness (QED) is 0.270. The third-order valence-corrected chi connectivity index (χ3v) is 5.78. The number of nitrogens with one attached hydrogen (secondary N) is 2. The van der Waals surface area contributed by atoms with Gasteiger partial charge in [0.2, 0.25) is 11.9 Å². The molecule has 2 rings (SSSR count). The number of nitrogens with zero attached hydrogens (tertiary/aromatic N) is 2. The highest BCUT2D eigenvalue weighted by Crippen LogP contribution is 2.28. The average Bonchev–Trinajstić information content (AvgIpc) is 2.84. The van der Waals surface area contributed by atoms with Crippen molar-refractivity contribution >= 4 is 23.6 Å². The van der Waals surface area contributed by atoms with Gasteiger partial charge >= 0.3 is 5.97 Å². The fraction of sp³-hybridized carbons (Fsp3) is 0.538. The maximum Gasteiger partial charge on any atom is 0.325 e. The first-order chi connectivity index (χ1) is 17.3. The highest BCUT2D eigenvalue weighted by molar-refractivity contribution is 5.82. The molecular formula is C26H39N5O5. The Bertz CT molecular complexity index is 1010. The van der Waals surface area contributed by atoms with Gasteiger partial charge in [-0.3, -0.25) is 9.59 Å². The zero-order chi connectivity index (χ0) is 26.5. The van der Waals surface area contributed by atoms with E-state index in [2.05, 4.69) is 27.5 Å². The molecule has 1 aromatic carbocycles. The number of nitrogen functional groups attached to an aromatic ring is 1. The van der Waals surface area contributed by atoms with Crippen LogP contribution in [0, 0.1) is 6.92 Å². The monoisotopic (exact) mass is 501 g/mol. The second-order valence-corrected chi connectivity index (χ2v) is 8.54. The highest BCUT2D eigenvalue weighted by Gasteiger charge is 2.17. The van der Waals surface area contributed by atoms with Crippen molar-refractivity contribution in [3.8, 4) is 5.75 Å². The maximum atomic E-state index is 12.1. The molecule has 5 N–H and O–H groups in total. The number of anilines is 2. The number of aliphatic hydroxyl groups is 1. The van der Waals surface area contributed by atoms with E-state index in [1.54, 1.807) is 14.0 Å². The number of amides is 1. The van der Waals surface area contributed by atoms with Crippen LogP contribution in [0.4, 0.5) is 11.8 Å². The molecule has 0 radical (unpaired) electrons. The molecule has 0 aliphatic carbocycles. The Labute approximate surface area is 213 Å². The number of aryl methyl sites for hydroxylation is 2. The summed E-state index contributed by atoms with van der Waals surface area (Å²) in [5.74, 6) is 0.880. The maximum absolute atomic E-state index is 12.1. The highest BCUT2D eigenvalue weighted by atomic mass is 16.5. The summed E-state index contributed by atoms with van der Waals surface area (Å²) in [6, 6.07) is 5.93. The van der Waals surface area contributed by atoms with E-state index in [4.69, 9.17) is 15.2 Å². The van der Waals surface area contributed by atoms with Gasteiger partial charge in [-0.05, 0) is 50.3 Å². The van der Waals surface area contributed by atoms with Crippen LogP contribution in [0.3, 0.4) is 0 Å². The van der Waals surface area contributed by atoms with Crippen molar-refractivity contribution in [3.63, 3.8) is 0 Å². The van der Waals surface area contributed by atoms with Crippen molar-refractivity contribution in [2.45, 2.75) is 65.3 Å². The molecular weight excluding hydrogens is 462 g/mol. The summed E-state index contributed by atoms with van der Waals surface area (Å²) in [6.45, 7) is 5.95. The molecule has 0 saturated heterocycles. The summed E-state index contributed by atoms with van der Waals surface area (Å²) in [6.07, 6.45) is 3.75. The van der Waals surface area contributed by atoms with Gasteiger partial charge < -0.3 is 30.9 Å². The molecule has 0 aliphatic heterocycles. The number of ether oxygens (including phenoxy) is 2. The molecule has 2 aromatic rings. The van der Waals surface area contributed by atoms with E-state index >= 15 is 0 Å². The molecule has 1 heterocycles. The zero-order valence-electron chi connectivity index (χ0n) is 21.7. The average molecular weight is 502 g/mol. The minimum absolute atomic E-state index is 0.0756. The van der Waals surface area contributed by atoms with Gasteiger partial charge in [0.15, 0.2) is 0 Å². The van der Waals surface area contributed by atoms with Crippen molar-refractivity contribution in [2.24, 2.45) is 0 Å². The number of aliphatic hydroxyl groups excluding tert-OH is 1. The zero-order valence-corrected chi connectivity index (χ0v) is 21.7. The van der Waals surface area contributed by atoms with Gasteiger partial charge in [-0.2, -0.15) is 4.98 Å². The number of hydrogen-bond donors (Lipinski definition) is 4. The standard InChI is InChI=1S/C26H39N5O5/c1-5-7-20(12-13-32)30-25-21(17(3)29-26(27)31-25)15-19-10-8-18(14-22(19)35-4)9-11-23(33)28-16-24(34)36-6-2/h8,10,14,20,32H,5-7,9,11-13,15-16H2,1-4H3,(H,28,33)(H3,27,29,30,31)/t20-/m0/s1. The van der Waals surface area contributed by atoms with Crippen LogP contribution in [0.2, 0.25) is 0 Å². The second kappa shape index (κ2) is 14.9. The molecule has 0 spiro atoms. The van der Waals surface area contributed by atoms with E-state index in [1.165, 1.54) is 0 Å². The van der Waals surface area contributed by atoms with Crippen molar-refractivity contribution < 1.29 is 24.2 Å². The minimum atomic E-state index is -0.454. The fourth-order valence-electron chi connectivity index (χ4n) is 3.95. The summed E-state index contributed by atoms with van der Waals surface area (Å²) >= 11 is 0. The summed E-state index contributed by atoms with van der Waals surface area (Å²) in [4.78, 5) is 32.3. The number of carbonyl (C=O) groups excluding carboxylic acids is 2. The number of carbonyl (C=O) groups is 2. The number of nitrogens with two attached hydrogens (primary N) is 1. The SMILES string of the molecule is CCC[C@@H](CCO)Nc1nc(N)nc(C)c1Cc1ccc(CCC(=O)NCC(=O)OCC)cc1OC. The molecule has 1 aromatic heterocycles. The lowest BCUT2D eigenvalue weighted by Gasteiger charge is -2.21. The molecule has 0 bridgehead atoms.